The molecule has 23 heavy (non-hydrogen) atoms. The maximum absolute atomic E-state index is 12.7. The zero-order chi connectivity index (χ0) is 16.2. The molecule has 4 heteroatoms. The first-order valence-corrected chi connectivity index (χ1v) is 8.54. The number of hydrogen-bond donors (Lipinski definition) is 1. The maximum atomic E-state index is 12.7. The molecular weight excluding hydrogens is 288 g/mol. The van der Waals surface area contributed by atoms with E-state index < -0.39 is 0 Å². The fraction of sp³-hybridized carbons (Fsp3) is 0.474. The zero-order valence-electron chi connectivity index (χ0n) is 13.5. The van der Waals surface area contributed by atoms with Crippen LogP contribution >= 0.6 is 0 Å². The fourth-order valence-electron chi connectivity index (χ4n) is 3.54. The number of benzene rings is 1. The molecule has 1 aromatic carbocycles. The number of rotatable bonds is 5. The highest BCUT2D eigenvalue weighted by Gasteiger charge is 2.31. The standard InChI is InChI=1S/C19H24N2O2/c1-2-3-8-18(22)20-16-10-9-14-11-12-21(17(14)13-16)19(23)15-6-4-5-7-15/h2,9-10,13,15H,1,3-8,11-12H2,(H,20,22). The van der Waals surface area contributed by atoms with E-state index in [1.54, 1.807) is 6.08 Å². The van der Waals surface area contributed by atoms with Gasteiger partial charge in [0.2, 0.25) is 11.8 Å². The molecule has 1 saturated carbocycles. The lowest BCUT2D eigenvalue weighted by Crippen LogP contribution is -2.33. The highest BCUT2D eigenvalue weighted by molar-refractivity contribution is 5.98. The highest BCUT2D eigenvalue weighted by atomic mass is 16.2. The molecule has 0 aromatic heterocycles. The SMILES string of the molecule is C=CCCC(=O)Nc1ccc2c(c1)N(C(=O)C1CCCC1)CC2. The number of nitrogens with one attached hydrogen (secondary N) is 1. The summed E-state index contributed by atoms with van der Waals surface area (Å²) in [5.41, 5.74) is 2.94. The van der Waals surface area contributed by atoms with E-state index in [-0.39, 0.29) is 17.7 Å². The smallest absolute Gasteiger partial charge is 0.230 e. The summed E-state index contributed by atoms with van der Waals surface area (Å²) in [7, 11) is 0. The molecular formula is C19H24N2O2. The predicted octanol–water partition coefficient (Wildman–Crippen LogP) is 3.67. The molecule has 4 nitrogen and oxygen atoms in total. The molecule has 2 amide bonds. The molecule has 122 valence electrons. The molecule has 0 atom stereocenters. The number of anilines is 2. The van der Waals surface area contributed by atoms with E-state index in [9.17, 15) is 9.59 Å². The Bertz CT molecular complexity index is 618. The van der Waals surface area contributed by atoms with Crippen molar-refractivity contribution < 1.29 is 9.59 Å². The van der Waals surface area contributed by atoms with Gasteiger partial charge in [-0.3, -0.25) is 9.59 Å². The third kappa shape index (κ3) is 3.46. The van der Waals surface area contributed by atoms with Crippen LogP contribution in [0.1, 0.15) is 44.1 Å². The van der Waals surface area contributed by atoms with E-state index in [1.165, 1.54) is 5.56 Å². The second-order valence-corrected chi connectivity index (χ2v) is 6.44. The van der Waals surface area contributed by atoms with Crippen molar-refractivity contribution in [2.75, 3.05) is 16.8 Å². The Morgan fingerprint density at radius 3 is 2.83 bits per heavy atom. The van der Waals surface area contributed by atoms with Gasteiger partial charge in [-0.1, -0.05) is 25.0 Å². The second kappa shape index (κ2) is 6.99. The minimum atomic E-state index is -0.0171. The molecule has 2 aliphatic rings. The molecule has 1 fully saturated rings. The van der Waals surface area contributed by atoms with Gasteiger partial charge in [-0.05, 0) is 43.4 Å². The average Bonchev–Trinajstić information content (AvgIpc) is 3.21. The van der Waals surface area contributed by atoms with E-state index in [0.29, 0.717) is 12.8 Å². The number of amides is 2. The predicted molar refractivity (Wildman–Crippen MR) is 92.5 cm³/mol. The number of nitrogens with zero attached hydrogens (tertiary/aromatic N) is 1. The van der Waals surface area contributed by atoms with Gasteiger partial charge < -0.3 is 10.2 Å². The number of carbonyl (C=O) groups is 2. The number of fused-ring (bicyclic) bond motifs is 1. The van der Waals surface area contributed by atoms with Crippen molar-refractivity contribution in [3.8, 4) is 0 Å². The van der Waals surface area contributed by atoms with Crippen molar-refractivity contribution in [1.29, 1.82) is 0 Å². The molecule has 1 heterocycles. The lowest BCUT2D eigenvalue weighted by molar-refractivity contribution is -0.122. The largest absolute Gasteiger partial charge is 0.326 e. The maximum Gasteiger partial charge on any atom is 0.230 e. The van der Waals surface area contributed by atoms with Crippen molar-refractivity contribution in [2.24, 2.45) is 5.92 Å². The normalized spacial score (nSPS) is 17.1. The van der Waals surface area contributed by atoms with E-state index in [0.717, 1.165) is 50.0 Å². The summed E-state index contributed by atoms with van der Waals surface area (Å²) in [6.45, 7) is 4.39. The zero-order valence-corrected chi connectivity index (χ0v) is 13.5. The Morgan fingerprint density at radius 2 is 2.09 bits per heavy atom. The first-order chi connectivity index (χ1) is 11.2. The summed E-state index contributed by atoms with van der Waals surface area (Å²) in [4.78, 5) is 26.5. The van der Waals surface area contributed by atoms with Crippen LogP contribution in [0.2, 0.25) is 0 Å². The van der Waals surface area contributed by atoms with Gasteiger partial charge in [0.1, 0.15) is 0 Å². The van der Waals surface area contributed by atoms with Crippen LogP contribution in [0.3, 0.4) is 0 Å². The first kappa shape index (κ1) is 15.8. The van der Waals surface area contributed by atoms with Crippen LogP contribution in [0.15, 0.2) is 30.9 Å². The van der Waals surface area contributed by atoms with Crippen LogP contribution < -0.4 is 10.2 Å². The van der Waals surface area contributed by atoms with Gasteiger partial charge in [0, 0.05) is 30.3 Å². The fourth-order valence-corrected chi connectivity index (χ4v) is 3.54. The van der Waals surface area contributed by atoms with Gasteiger partial charge in [-0.25, -0.2) is 0 Å². The van der Waals surface area contributed by atoms with Gasteiger partial charge in [-0.2, -0.15) is 0 Å². The van der Waals surface area contributed by atoms with Gasteiger partial charge >= 0.3 is 0 Å². The van der Waals surface area contributed by atoms with Crippen molar-refractivity contribution in [1.82, 2.24) is 0 Å². The van der Waals surface area contributed by atoms with E-state index in [4.69, 9.17) is 0 Å². The Hall–Kier alpha value is -2.10. The van der Waals surface area contributed by atoms with Crippen LogP contribution in [0, 0.1) is 5.92 Å². The van der Waals surface area contributed by atoms with E-state index in [1.807, 2.05) is 23.1 Å². The molecule has 1 aliphatic heterocycles. The van der Waals surface area contributed by atoms with Crippen molar-refractivity contribution >= 4 is 23.2 Å². The van der Waals surface area contributed by atoms with Crippen molar-refractivity contribution in [3.05, 3.63) is 36.4 Å². The third-order valence-electron chi connectivity index (χ3n) is 4.81. The topological polar surface area (TPSA) is 49.4 Å². The minimum Gasteiger partial charge on any atom is -0.326 e. The van der Waals surface area contributed by atoms with E-state index in [2.05, 4.69) is 11.9 Å². The molecule has 1 aliphatic carbocycles. The van der Waals surface area contributed by atoms with Gasteiger partial charge in [0.15, 0.2) is 0 Å². The van der Waals surface area contributed by atoms with Crippen molar-refractivity contribution in [3.63, 3.8) is 0 Å². The summed E-state index contributed by atoms with van der Waals surface area (Å²) >= 11 is 0. The van der Waals surface area contributed by atoms with Crippen LogP contribution in [0.5, 0.6) is 0 Å². The second-order valence-electron chi connectivity index (χ2n) is 6.44. The summed E-state index contributed by atoms with van der Waals surface area (Å²) < 4.78 is 0. The molecule has 0 bridgehead atoms. The summed E-state index contributed by atoms with van der Waals surface area (Å²) in [5.74, 6) is 0.430. The van der Waals surface area contributed by atoms with Crippen LogP contribution in [0.25, 0.3) is 0 Å². The number of carbonyl (C=O) groups excluding carboxylic acids is 2. The molecule has 0 spiro atoms. The highest BCUT2D eigenvalue weighted by Crippen LogP contribution is 2.35. The quantitative estimate of drug-likeness (QED) is 0.843. The minimum absolute atomic E-state index is 0.0171. The Kier molecular flexibility index (Phi) is 4.79. The van der Waals surface area contributed by atoms with Crippen LogP contribution in [-0.4, -0.2) is 18.4 Å². The van der Waals surface area contributed by atoms with Gasteiger partial charge in [0.25, 0.3) is 0 Å². The number of hydrogen-bond acceptors (Lipinski definition) is 2. The summed E-state index contributed by atoms with van der Waals surface area (Å²) in [6, 6.07) is 5.90. The Labute approximate surface area is 137 Å². The first-order valence-electron chi connectivity index (χ1n) is 8.54. The molecule has 3 rings (SSSR count). The third-order valence-corrected chi connectivity index (χ3v) is 4.81. The number of allylic oxidation sites excluding steroid dienone is 1. The van der Waals surface area contributed by atoms with Gasteiger partial charge in [0.05, 0.1) is 0 Å². The monoisotopic (exact) mass is 312 g/mol. The summed E-state index contributed by atoms with van der Waals surface area (Å²) in [5, 5.41) is 2.91. The molecule has 1 N–H and O–H groups in total. The molecule has 0 unspecified atom stereocenters. The molecule has 0 saturated heterocycles. The summed E-state index contributed by atoms with van der Waals surface area (Å²) in [6.07, 6.45) is 8.11. The lowest BCUT2D eigenvalue weighted by Gasteiger charge is -2.21. The lowest BCUT2D eigenvalue weighted by atomic mass is 10.1. The van der Waals surface area contributed by atoms with Crippen molar-refractivity contribution in [2.45, 2.75) is 44.9 Å². The average molecular weight is 312 g/mol. The Morgan fingerprint density at radius 1 is 1.30 bits per heavy atom. The molecule has 1 aromatic rings. The van der Waals surface area contributed by atoms with Gasteiger partial charge in [-0.15, -0.1) is 6.58 Å². The van der Waals surface area contributed by atoms with Crippen LogP contribution in [-0.2, 0) is 16.0 Å². The van der Waals surface area contributed by atoms with E-state index >= 15 is 0 Å². The van der Waals surface area contributed by atoms with Crippen LogP contribution in [0.4, 0.5) is 11.4 Å². The Balaban J connectivity index is 1.73. The molecule has 0 radical (unpaired) electrons.